The highest BCUT2D eigenvalue weighted by atomic mass is 79.9. The number of hydrogen-bond donors (Lipinski definition) is 2. The Hall–Kier alpha value is -1.63. The van der Waals surface area contributed by atoms with Crippen molar-refractivity contribution in [3.8, 4) is 0 Å². The van der Waals surface area contributed by atoms with E-state index in [0.29, 0.717) is 18.8 Å². The van der Waals surface area contributed by atoms with Crippen molar-refractivity contribution >= 4 is 27.7 Å². The van der Waals surface area contributed by atoms with E-state index in [1.54, 1.807) is 23.2 Å². The van der Waals surface area contributed by atoms with Gasteiger partial charge in [-0.05, 0) is 40.9 Å². The molecule has 0 bridgehead atoms. The molecular formula is C12H15BrN4O2. The molecule has 7 heteroatoms. The summed E-state index contributed by atoms with van der Waals surface area (Å²) in [5.41, 5.74) is 6.01. The Morgan fingerprint density at radius 1 is 1.58 bits per heavy atom. The van der Waals surface area contributed by atoms with Crippen LogP contribution in [0.4, 0.5) is 0 Å². The van der Waals surface area contributed by atoms with Gasteiger partial charge in [0.05, 0.1) is 0 Å². The highest BCUT2D eigenvalue weighted by Gasteiger charge is 2.27. The number of piperidine rings is 1. The quantitative estimate of drug-likeness (QED) is 0.372. The van der Waals surface area contributed by atoms with Gasteiger partial charge in [0.25, 0.3) is 5.91 Å². The molecule has 1 saturated heterocycles. The SMILES string of the molecule is NC(=NO)C1CCCN(C(=O)c2ccc(Br)cn2)C1. The Bertz CT molecular complexity index is 489. The van der Waals surface area contributed by atoms with Crippen LogP contribution in [0.25, 0.3) is 0 Å². The van der Waals surface area contributed by atoms with Crippen LogP contribution < -0.4 is 5.73 Å². The van der Waals surface area contributed by atoms with E-state index < -0.39 is 0 Å². The summed E-state index contributed by atoms with van der Waals surface area (Å²) in [6, 6.07) is 3.46. The number of halogens is 1. The van der Waals surface area contributed by atoms with Crippen LogP contribution in [0, 0.1) is 5.92 Å². The van der Waals surface area contributed by atoms with Crippen LogP contribution in [-0.2, 0) is 0 Å². The van der Waals surface area contributed by atoms with E-state index >= 15 is 0 Å². The van der Waals surface area contributed by atoms with Gasteiger partial charge < -0.3 is 15.8 Å². The maximum Gasteiger partial charge on any atom is 0.272 e. The Morgan fingerprint density at radius 2 is 2.37 bits per heavy atom. The first-order chi connectivity index (χ1) is 9.11. The number of nitrogens with zero attached hydrogens (tertiary/aromatic N) is 3. The number of carbonyl (C=O) groups is 1. The Balaban J connectivity index is 2.09. The molecule has 0 aliphatic carbocycles. The van der Waals surface area contributed by atoms with E-state index in [1.807, 2.05) is 0 Å². The van der Waals surface area contributed by atoms with Crippen LogP contribution in [0.3, 0.4) is 0 Å². The number of nitrogens with two attached hydrogens (primary N) is 1. The molecule has 1 fully saturated rings. The van der Waals surface area contributed by atoms with Gasteiger partial charge in [-0.2, -0.15) is 0 Å². The fourth-order valence-electron chi connectivity index (χ4n) is 2.15. The average molecular weight is 327 g/mol. The third-order valence-electron chi connectivity index (χ3n) is 3.19. The zero-order valence-corrected chi connectivity index (χ0v) is 11.9. The van der Waals surface area contributed by atoms with Crippen LogP contribution in [0.15, 0.2) is 28.0 Å². The molecule has 0 saturated carbocycles. The van der Waals surface area contributed by atoms with Crippen molar-refractivity contribution < 1.29 is 10.0 Å². The van der Waals surface area contributed by atoms with Crippen molar-refractivity contribution in [2.24, 2.45) is 16.8 Å². The number of pyridine rings is 1. The molecule has 1 aromatic rings. The van der Waals surface area contributed by atoms with E-state index in [1.165, 1.54) is 0 Å². The van der Waals surface area contributed by atoms with Crippen molar-refractivity contribution in [1.29, 1.82) is 0 Å². The molecule has 1 aliphatic heterocycles. The smallest absolute Gasteiger partial charge is 0.272 e. The van der Waals surface area contributed by atoms with Crippen molar-refractivity contribution in [2.75, 3.05) is 13.1 Å². The third kappa shape index (κ3) is 3.23. The van der Waals surface area contributed by atoms with Gasteiger partial charge in [0.2, 0.25) is 0 Å². The number of amides is 1. The predicted molar refractivity (Wildman–Crippen MR) is 74.0 cm³/mol. The van der Waals surface area contributed by atoms with E-state index in [4.69, 9.17) is 10.9 Å². The molecule has 0 radical (unpaired) electrons. The van der Waals surface area contributed by atoms with Gasteiger partial charge in [-0.15, -0.1) is 0 Å². The van der Waals surface area contributed by atoms with E-state index in [0.717, 1.165) is 17.3 Å². The average Bonchev–Trinajstić information content (AvgIpc) is 2.46. The number of carbonyl (C=O) groups excluding carboxylic acids is 1. The summed E-state index contributed by atoms with van der Waals surface area (Å²) in [7, 11) is 0. The lowest BCUT2D eigenvalue weighted by atomic mass is 9.97. The topological polar surface area (TPSA) is 91.8 Å². The normalized spacial score (nSPS) is 20.4. The molecule has 1 atom stereocenters. The van der Waals surface area contributed by atoms with Crippen LogP contribution in [0.5, 0.6) is 0 Å². The second kappa shape index (κ2) is 6.01. The zero-order valence-electron chi connectivity index (χ0n) is 10.3. The lowest BCUT2D eigenvalue weighted by molar-refractivity contribution is 0.0695. The molecule has 1 aromatic heterocycles. The number of aromatic nitrogens is 1. The van der Waals surface area contributed by atoms with E-state index in [2.05, 4.69) is 26.1 Å². The summed E-state index contributed by atoms with van der Waals surface area (Å²) in [6.07, 6.45) is 3.26. The molecule has 2 heterocycles. The van der Waals surface area contributed by atoms with E-state index in [-0.39, 0.29) is 17.7 Å². The highest BCUT2D eigenvalue weighted by Crippen LogP contribution is 2.18. The monoisotopic (exact) mass is 326 g/mol. The summed E-state index contributed by atoms with van der Waals surface area (Å²) in [4.78, 5) is 18.1. The zero-order chi connectivity index (χ0) is 13.8. The minimum Gasteiger partial charge on any atom is -0.409 e. The molecule has 0 spiro atoms. The van der Waals surface area contributed by atoms with Gasteiger partial charge in [-0.3, -0.25) is 4.79 Å². The maximum absolute atomic E-state index is 12.3. The first kappa shape index (κ1) is 13.8. The standard InChI is InChI=1S/C12H15BrN4O2/c13-9-3-4-10(15-6-9)12(18)17-5-1-2-8(7-17)11(14)16-19/h3-4,6,8,19H,1-2,5,7H2,(H2,14,16). The van der Waals surface area contributed by atoms with E-state index in [9.17, 15) is 4.79 Å². The molecule has 1 unspecified atom stereocenters. The van der Waals surface area contributed by atoms with Gasteiger partial charge in [0.1, 0.15) is 11.5 Å². The number of hydrogen-bond acceptors (Lipinski definition) is 4. The molecule has 3 N–H and O–H groups in total. The minimum atomic E-state index is -0.122. The van der Waals surface area contributed by atoms with Gasteiger partial charge in [0.15, 0.2) is 0 Å². The predicted octanol–water partition coefficient (Wildman–Crippen LogP) is 1.44. The van der Waals surface area contributed by atoms with Crippen LogP contribution in [0.1, 0.15) is 23.3 Å². The molecule has 6 nitrogen and oxygen atoms in total. The Kier molecular flexibility index (Phi) is 4.36. The molecular weight excluding hydrogens is 312 g/mol. The Labute approximate surface area is 119 Å². The summed E-state index contributed by atoms with van der Waals surface area (Å²) in [6.45, 7) is 1.14. The molecule has 1 amide bonds. The second-order valence-corrected chi connectivity index (χ2v) is 5.39. The van der Waals surface area contributed by atoms with Gasteiger partial charge in [-0.25, -0.2) is 4.98 Å². The van der Waals surface area contributed by atoms with Gasteiger partial charge >= 0.3 is 0 Å². The molecule has 19 heavy (non-hydrogen) atoms. The number of rotatable bonds is 2. The summed E-state index contributed by atoms with van der Waals surface area (Å²) in [5.74, 6) is -0.0256. The molecule has 0 aromatic carbocycles. The van der Waals surface area contributed by atoms with Crippen LogP contribution >= 0.6 is 15.9 Å². The lowest BCUT2D eigenvalue weighted by Crippen LogP contribution is -2.44. The summed E-state index contributed by atoms with van der Waals surface area (Å²) < 4.78 is 0.831. The fourth-order valence-corrected chi connectivity index (χ4v) is 2.38. The van der Waals surface area contributed by atoms with Crippen molar-refractivity contribution in [2.45, 2.75) is 12.8 Å². The molecule has 102 valence electrons. The number of likely N-dealkylation sites (tertiary alicyclic amines) is 1. The van der Waals surface area contributed by atoms with Crippen molar-refractivity contribution in [1.82, 2.24) is 9.88 Å². The van der Waals surface area contributed by atoms with Crippen LogP contribution in [-0.4, -0.2) is 39.9 Å². The summed E-state index contributed by atoms with van der Waals surface area (Å²) >= 11 is 3.28. The molecule has 2 rings (SSSR count). The van der Waals surface area contributed by atoms with Crippen LogP contribution in [0.2, 0.25) is 0 Å². The largest absolute Gasteiger partial charge is 0.409 e. The fraction of sp³-hybridized carbons (Fsp3) is 0.417. The molecule has 1 aliphatic rings. The minimum absolute atomic E-state index is 0.0850. The first-order valence-corrected chi connectivity index (χ1v) is 6.79. The highest BCUT2D eigenvalue weighted by molar-refractivity contribution is 9.10. The lowest BCUT2D eigenvalue weighted by Gasteiger charge is -2.31. The first-order valence-electron chi connectivity index (χ1n) is 6.00. The van der Waals surface area contributed by atoms with Crippen molar-refractivity contribution in [3.05, 3.63) is 28.5 Å². The van der Waals surface area contributed by atoms with Gasteiger partial charge in [0, 0.05) is 29.7 Å². The third-order valence-corrected chi connectivity index (χ3v) is 3.66. The van der Waals surface area contributed by atoms with Crippen molar-refractivity contribution in [3.63, 3.8) is 0 Å². The number of amidine groups is 1. The Morgan fingerprint density at radius 3 is 3.00 bits per heavy atom. The second-order valence-electron chi connectivity index (χ2n) is 4.48. The summed E-state index contributed by atoms with van der Waals surface area (Å²) in [5, 5.41) is 11.7. The maximum atomic E-state index is 12.3. The van der Waals surface area contributed by atoms with Gasteiger partial charge in [-0.1, -0.05) is 5.16 Å². The number of oxime groups is 1.